The van der Waals surface area contributed by atoms with Gasteiger partial charge >= 0.3 is 0 Å². The Kier molecular flexibility index (Phi) is 4.04. The van der Waals surface area contributed by atoms with Crippen molar-refractivity contribution in [3.05, 3.63) is 47.4 Å². The molecule has 0 aliphatic carbocycles. The van der Waals surface area contributed by atoms with Crippen LogP contribution in [0, 0.1) is 5.82 Å². The highest BCUT2D eigenvalue weighted by Crippen LogP contribution is 2.33. The summed E-state index contributed by atoms with van der Waals surface area (Å²) >= 11 is 0. The highest BCUT2D eigenvalue weighted by Gasteiger charge is 2.37. The number of aryl methyl sites for hydroxylation is 1. The highest BCUT2D eigenvalue weighted by atomic mass is 19.1. The van der Waals surface area contributed by atoms with Crippen LogP contribution in [0.1, 0.15) is 28.5 Å². The first-order chi connectivity index (χ1) is 11.0. The van der Waals surface area contributed by atoms with Crippen molar-refractivity contribution in [3.8, 4) is 5.88 Å². The minimum Gasteiger partial charge on any atom is -0.481 e. The fourth-order valence-corrected chi connectivity index (χ4v) is 2.96. The molecular weight excluding hydrogens is 301 g/mol. The van der Waals surface area contributed by atoms with Crippen LogP contribution in [0.4, 0.5) is 4.39 Å². The molecule has 2 aromatic rings. The molecule has 1 fully saturated rings. The topological polar surface area (TPSA) is 67.6 Å². The first-order valence-electron chi connectivity index (χ1n) is 7.32. The molecule has 122 valence electrons. The first-order valence-corrected chi connectivity index (χ1v) is 7.32. The van der Waals surface area contributed by atoms with Crippen molar-refractivity contribution < 1.29 is 19.0 Å². The average Bonchev–Trinajstić information content (AvgIpc) is 3.09. The molecule has 2 atom stereocenters. The van der Waals surface area contributed by atoms with Gasteiger partial charge in [0.1, 0.15) is 5.82 Å². The number of aliphatic hydroxyl groups excluding tert-OH is 1. The quantitative estimate of drug-likeness (QED) is 0.931. The van der Waals surface area contributed by atoms with E-state index in [2.05, 4.69) is 5.10 Å². The number of methoxy groups -OCH3 is 1. The molecule has 7 heteroatoms. The maximum absolute atomic E-state index is 13.5. The summed E-state index contributed by atoms with van der Waals surface area (Å²) in [6.07, 6.45) is -0.267. The standard InChI is InChI=1S/C16H18FN3O3/c1-19-15(23-2)8-13(18-19)16(22)20-9-12(21)7-14(20)10-4-3-5-11(17)6-10/h3-6,8,12,14,21H,7,9H2,1-2H3. The van der Waals surface area contributed by atoms with E-state index in [0.717, 1.165) is 0 Å². The molecule has 1 amide bonds. The Morgan fingerprint density at radius 3 is 2.87 bits per heavy atom. The molecule has 2 heterocycles. The van der Waals surface area contributed by atoms with E-state index in [9.17, 15) is 14.3 Å². The minimum absolute atomic E-state index is 0.193. The molecule has 1 aliphatic rings. The number of ether oxygens (including phenoxy) is 1. The lowest BCUT2D eigenvalue weighted by Gasteiger charge is -2.24. The van der Waals surface area contributed by atoms with Gasteiger partial charge in [0, 0.05) is 19.7 Å². The number of benzene rings is 1. The van der Waals surface area contributed by atoms with Crippen molar-refractivity contribution in [1.82, 2.24) is 14.7 Å². The number of aliphatic hydroxyl groups is 1. The Bertz CT molecular complexity index is 731. The Morgan fingerprint density at radius 1 is 1.43 bits per heavy atom. The van der Waals surface area contributed by atoms with Crippen LogP contribution in [0.15, 0.2) is 30.3 Å². The third-order valence-electron chi connectivity index (χ3n) is 4.04. The molecule has 6 nitrogen and oxygen atoms in total. The number of hydrogen-bond donors (Lipinski definition) is 1. The Labute approximate surface area is 133 Å². The summed E-state index contributed by atoms with van der Waals surface area (Å²) in [5, 5.41) is 14.1. The van der Waals surface area contributed by atoms with E-state index in [1.165, 1.54) is 28.8 Å². The molecule has 2 unspecified atom stereocenters. The van der Waals surface area contributed by atoms with E-state index in [-0.39, 0.29) is 30.0 Å². The van der Waals surface area contributed by atoms with Crippen LogP contribution in [0.25, 0.3) is 0 Å². The largest absolute Gasteiger partial charge is 0.481 e. The molecule has 1 N–H and O–H groups in total. The van der Waals surface area contributed by atoms with Crippen LogP contribution in [0.2, 0.25) is 0 Å². The van der Waals surface area contributed by atoms with Crippen molar-refractivity contribution in [1.29, 1.82) is 0 Å². The van der Waals surface area contributed by atoms with Gasteiger partial charge in [-0.2, -0.15) is 5.10 Å². The number of hydrogen-bond acceptors (Lipinski definition) is 4. The van der Waals surface area contributed by atoms with Crippen LogP contribution in [0.5, 0.6) is 5.88 Å². The molecule has 1 saturated heterocycles. The Balaban J connectivity index is 1.91. The van der Waals surface area contributed by atoms with E-state index < -0.39 is 6.10 Å². The fraction of sp³-hybridized carbons (Fsp3) is 0.375. The minimum atomic E-state index is -0.641. The second-order valence-electron chi connectivity index (χ2n) is 5.61. The van der Waals surface area contributed by atoms with E-state index >= 15 is 0 Å². The van der Waals surface area contributed by atoms with Gasteiger partial charge < -0.3 is 14.7 Å². The van der Waals surface area contributed by atoms with Gasteiger partial charge in [-0.3, -0.25) is 4.79 Å². The van der Waals surface area contributed by atoms with Crippen molar-refractivity contribution in [2.24, 2.45) is 7.05 Å². The lowest BCUT2D eigenvalue weighted by molar-refractivity contribution is 0.0709. The zero-order chi connectivity index (χ0) is 16.6. The molecule has 0 bridgehead atoms. The van der Waals surface area contributed by atoms with E-state index in [4.69, 9.17) is 4.74 Å². The summed E-state index contributed by atoms with van der Waals surface area (Å²) in [6, 6.07) is 7.27. The lowest BCUT2D eigenvalue weighted by Crippen LogP contribution is -2.32. The number of amides is 1. The normalized spacial score (nSPS) is 20.8. The third kappa shape index (κ3) is 2.92. The number of nitrogens with zero attached hydrogens (tertiary/aromatic N) is 3. The predicted octanol–water partition coefficient (Wildman–Crippen LogP) is 1.52. The van der Waals surface area contributed by atoms with E-state index in [1.807, 2.05) is 0 Å². The fourth-order valence-electron chi connectivity index (χ4n) is 2.96. The van der Waals surface area contributed by atoms with Gasteiger partial charge in [0.05, 0.1) is 19.3 Å². The molecule has 1 aromatic heterocycles. The molecule has 0 spiro atoms. The molecule has 3 rings (SSSR count). The van der Waals surface area contributed by atoms with Gasteiger partial charge in [0.15, 0.2) is 5.69 Å². The summed E-state index contributed by atoms with van der Waals surface area (Å²) in [5.74, 6) is -0.207. The van der Waals surface area contributed by atoms with Gasteiger partial charge in [-0.25, -0.2) is 9.07 Å². The van der Waals surface area contributed by atoms with E-state index in [0.29, 0.717) is 17.9 Å². The number of rotatable bonds is 3. The van der Waals surface area contributed by atoms with Gasteiger partial charge in [-0.15, -0.1) is 0 Å². The third-order valence-corrected chi connectivity index (χ3v) is 4.04. The second-order valence-corrected chi connectivity index (χ2v) is 5.61. The first kappa shape index (κ1) is 15.5. The highest BCUT2D eigenvalue weighted by molar-refractivity contribution is 5.93. The summed E-state index contributed by atoms with van der Waals surface area (Å²) in [7, 11) is 3.18. The lowest BCUT2D eigenvalue weighted by atomic mass is 10.0. The maximum Gasteiger partial charge on any atom is 0.275 e. The van der Waals surface area contributed by atoms with Crippen molar-refractivity contribution in [2.75, 3.05) is 13.7 Å². The number of aromatic nitrogens is 2. The number of carbonyl (C=O) groups excluding carboxylic acids is 1. The summed E-state index contributed by atoms with van der Waals surface area (Å²) < 4.78 is 20.1. The molecule has 1 aliphatic heterocycles. The average molecular weight is 319 g/mol. The van der Waals surface area contributed by atoms with Gasteiger partial charge in [0.2, 0.25) is 5.88 Å². The van der Waals surface area contributed by atoms with Gasteiger partial charge in [-0.1, -0.05) is 12.1 Å². The predicted molar refractivity (Wildman–Crippen MR) is 80.6 cm³/mol. The van der Waals surface area contributed by atoms with Crippen LogP contribution in [-0.4, -0.2) is 45.5 Å². The number of likely N-dealkylation sites (tertiary alicyclic amines) is 1. The smallest absolute Gasteiger partial charge is 0.275 e. The Hall–Kier alpha value is -2.41. The zero-order valence-electron chi connectivity index (χ0n) is 12.9. The van der Waals surface area contributed by atoms with Gasteiger partial charge in [0.25, 0.3) is 5.91 Å². The zero-order valence-corrected chi connectivity index (χ0v) is 12.9. The van der Waals surface area contributed by atoms with Crippen LogP contribution in [-0.2, 0) is 7.05 Å². The van der Waals surface area contributed by atoms with Crippen LogP contribution in [0.3, 0.4) is 0 Å². The monoisotopic (exact) mass is 319 g/mol. The summed E-state index contributed by atoms with van der Waals surface area (Å²) in [5.41, 5.74) is 0.901. The van der Waals surface area contributed by atoms with Gasteiger partial charge in [-0.05, 0) is 24.1 Å². The second kappa shape index (κ2) is 6.00. The van der Waals surface area contributed by atoms with Crippen molar-refractivity contribution >= 4 is 5.91 Å². The van der Waals surface area contributed by atoms with E-state index in [1.54, 1.807) is 25.2 Å². The van der Waals surface area contributed by atoms with Crippen LogP contribution >= 0.6 is 0 Å². The molecular formula is C16H18FN3O3. The Morgan fingerprint density at radius 2 is 2.22 bits per heavy atom. The molecule has 0 saturated carbocycles. The number of carbonyl (C=O) groups is 1. The number of β-amino-alcohol motifs (C(OH)–C–C–N with tert-alkyl or cyclic N) is 1. The molecule has 0 radical (unpaired) electrons. The van der Waals surface area contributed by atoms with Crippen molar-refractivity contribution in [3.63, 3.8) is 0 Å². The van der Waals surface area contributed by atoms with Crippen LogP contribution < -0.4 is 4.74 Å². The molecule has 1 aromatic carbocycles. The number of halogens is 1. The summed E-state index contributed by atoms with van der Waals surface area (Å²) in [4.78, 5) is 14.3. The maximum atomic E-state index is 13.5. The molecule has 23 heavy (non-hydrogen) atoms. The van der Waals surface area contributed by atoms with Crippen molar-refractivity contribution in [2.45, 2.75) is 18.6 Å². The SMILES string of the molecule is COc1cc(C(=O)N2CC(O)CC2c2cccc(F)c2)nn1C. The summed E-state index contributed by atoms with van der Waals surface area (Å²) in [6.45, 7) is 0.193.